The molecule has 1 saturated heterocycles. The summed E-state index contributed by atoms with van der Waals surface area (Å²) in [5.74, 6) is 0.290. The summed E-state index contributed by atoms with van der Waals surface area (Å²) in [5.41, 5.74) is 9.67. The molecular formula is C26H28F3N7OS2. The minimum Gasteiger partial charge on any atom is -0.399 e. The van der Waals surface area contributed by atoms with Crippen molar-refractivity contribution in [2.75, 3.05) is 36.0 Å². The van der Waals surface area contributed by atoms with E-state index in [1.165, 1.54) is 16.4 Å². The molecule has 2 aromatic heterocycles. The molecular weight excluding hydrogens is 547 g/mol. The molecule has 1 amide bonds. The Morgan fingerprint density at radius 3 is 2.56 bits per heavy atom. The summed E-state index contributed by atoms with van der Waals surface area (Å²) >= 11 is 5.41. The third-order valence-electron chi connectivity index (χ3n) is 5.88. The summed E-state index contributed by atoms with van der Waals surface area (Å²) in [5, 5.41) is 6.91. The number of carbonyl (C=O) groups excluding carboxylic acids is 1. The summed E-state index contributed by atoms with van der Waals surface area (Å²) in [7, 11) is 0. The predicted molar refractivity (Wildman–Crippen MR) is 153 cm³/mol. The smallest absolute Gasteiger partial charge is 0.399 e. The molecule has 1 aliphatic rings. The largest absolute Gasteiger partial charge is 0.401 e. The Morgan fingerprint density at radius 2 is 1.87 bits per heavy atom. The van der Waals surface area contributed by atoms with Crippen LogP contribution in [0, 0.1) is 6.92 Å². The summed E-state index contributed by atoms with van der Waals surface area (Å²) < 4.78 is 39.9. The number of piperidine rings is 1. The van der Waals surface area contributed by atoms with Gasteiger partial charge in [0.15, 0.2) is 0 Å². The molecule has 0 radical (unpaired) electrons. The van der Waals surface area contributed by atoms with Gasteiger partial charge in [-0.15, -0.1) is 0 Å². The number of carbonyl (C=O) groups is 1. The minimum absolute atomic E-state index is 0.261. The molecule has 0 aliphatic carbocycles. The monoisotopic (exact) mass is 575 g/mol. The highest BCUT2D eigenvalue weighted by Crippen LogP contribution is 2.29. The van der Waals surface area contributed by atoms with Gasteiger partial charge in [-0.25, -0.2) is 4.98 Å². The number of fused-ring (bicyclic) bond motifs is 1. The zero-order chi connectivity index (χ0) is 28.0. The van der Waals surface area contributed by atoms with E-state index in [9.17, 15) is 18.0 Å². The van der Waals surface area contributed by atoms with Crippen LogP contribution in [0.3, 0.4) is 0 Å². The number of thiol groups is 1. The number of rotatable bonds is 5. The van der Waals surface area contributed by atoms with Crippen LogP contribution in [0.15, 0.2) is 54.7 Å². The molecule has 5 rings (SSSR count). The second kappa shape index (κ2) is 12.6. The van der Waals surface area contributed by atoms with E-state index >= 15 is 0 Å². The van der Waals surface area contributed by atoms with Crippen molar-refractivity contribution >= 4 is 63.3 Å². The standard InChI is InChI=1S/C19H16N6OS.C7H12F3NS/c1-11-17(18(26)22-13-6-4-5-12(20)9-13)19(27-25-11)24-16-10-21-14-7-2-3-8-15(14)23-16;8-7(9,10)5-11-3-1-6(12)2-4-11/h2-10H,20H2,1H3,(H,22,26)(H,23,24);6,12H,1-5H2. The SMILES string of the molecule is Cc1nsc(Nc2cnc3ccccc3n2)c1C(=O)Nc1cccc(N)c1.FC(F)(F)CN1CCC(S)CC1. The molecule has 39 heavy (non-hydrogen) atoms. The summed E-state index contributed by atoms with van der Waals surface area (Å²) in [4.78, 5) is 23.1. The third-order valence-corrected chi connectivity index (χ3v) is 7.25. The van der Waals surface area contributed by atoms with E-state index in [0.29, 0.717) is 46.5 Å². The topological polar surface area (TPSA) is 109 Å². The van der Waals surface area contributed by atoms with Gasteiger partial charge in [-0.1, -0.05) is 18.2 Å². The second-order valence-electron chi connectivity index (χ2n) is 9.04. The van der Waals surface area contributed by atoms with E-state index in [1.807, 2.05) is 24.3 Å². The van der Waals surface area contributed by atoms with Crippen LogP contribution in [-0.2, 0) is 0 Å². The van der Waals surface area contributed by atoms with Gasteiger partial charge in [0.05, 0.1) is 35.0 Å². The van der Waals surface area contributed by atoms with Crippen LogP contribution in [-0.4, -0.2) is 56.2 Å². The number of anilines is 4. The van der Waals surface area contributed by atoms with Crippen LogP contribution in [0.2, 0.25) is 0 Å². The van der Waals surface area contributed by atoms with E-state index in [-0.39, 0.29) is 11.2 Å². The number of aromatic nitrogens is 3. The van der Waals surface area contributed by atoms with Crippen LogP contribution in [0.1, 0.15) is 28.9 Å². The molecule has 0 atom stereocenters. The van der Waals surface area contributed by atoms with Gasteiger partial charge in [-0.2, -0.15) is 30.2 Å². The molecule has 13 heteroatoms. The minimum atomic E-state index is -4.05. The van der Waals surface area contributed by atoms with Gasteiger partial charge in [0.25, 0.3) is 5.91 Å². The first-order valence-corrected chi connectivity index (χ1v) is 13.5. The van der Waals surface area contributed by atoms with Crippen LogP contribution in [0.5, 0.6) is 0 Å². The Labute approximate surface area is 233 Å². The number of hydrogen-bond donors (Lipinski definition) is 4. The van der Waals surface area contributed by atoms with Crippen LogP contribution in [0.4, 0.5) is 35.4 Å². The Kier molecular flexibility index (Phi) is 9.25. The second-order valence-corrected chi connectivity index (χ2v) is 10.5. The van der Waals surface area contributed by atoms with E-state index in [4.69, 9.17) is 5.73 Å². The fourth-order valence-corrected chi connectivity index (χ4v) is 5.03. The zero-order valence-corrected chi connectivity index (χ0v) is 22.8. The number of halogens is 3. The number of nitrogens with one attached hydrogen (secondary N) is 2. The molecule has 1 fully saturated rings. The maximum Gasteiger partial charge on any atom is 0.401 e. The van der Waals surface area contributed by atoms with Gasteiger partial charge >= 0.3 is 6.18 Å². The first-order chi connectivity index (χ1) is 18.6. The molecule has 0 spiro atoms. The Balaban J connectivity index is 0.000000247. The van der Waals surface area contributed by atoms with E-state index in [2.05, 4.69) is 37.6 Å². The van der Waals surface area contributed by atoms with Gasteiger partial charge in [0.2, 0.25) is 0 Å². The number of benzene rings is 2. The molecule has 4 aromatic rings. The molecule has 3 heterocycles. The fraction of sp³-hybridized carbons (Fsp3) is 0.308. The molecule has 0 saturated carbocycles. The molecule has 2 aromatic carbocycles. The normalized spacial score (nSPS) is 14.5. The van der Waals surface area contributed by atoms with Crippen molar-refractivity contribution in [3.05, 3.63) is 66.0 Å². The maximum atomic E-state index is 12.8. The first kappa shape index (κ1) is 28.6. The van der Waals surface area contributed by atoms with Gasteiger partial charge < -0.3 is 16.4 Å². The van der Waals surface area contributed by atoms with Crippen LogP contribution >= 0.6 is 24.2 Å². The van der Waals surface area contributed by atoms with Gasteiger partial charge in [-0.3, -0.25) is 14.7 Å². The van der Waals surface area contributed by atoms with E-state index in [1.54, 1.807) is 37.4 Å². The average molecular weight is 576 g/mol. The summed E-state index contributed by atoms with van der Waals surface area (Å²) in [6, 6.07) is 14.6. The number of alkyl halides is 3. The molecule has 4 N–H and O–H groups in total. The number of nitrogen functional groups attached to an aromatic ring is 1. The van der Waals surface area contributed by atoms with Crippen molar-refractivity contribution in [2.24, 2.45) is 0 Å². The van der Waals surface area contributed by atoms with Gasteiger partial charge in [-0.05, 0) is 74.7 Å². The summed E-state index contributed by atoms with van der Waals surface area (Å²) in [6.45, 7) is 2.07. The number of nitrogens with two attached hydrogens (primary N) is 1. The molecule has 0 bridgehead atoms. The van der Waals surface area contributed by atoms with Crippen LogP contribution < -0.4 is 16.4 Å². The highest BCUT2D eigenvalue weighted by molar-refractivity contribution is 7.80. The quantitative estimate of drug-likeness (QED) is 0.173. The Hall–Kier alpha value is -3.42. The number of nitrogens with zero attached hydrogens (tertiary/aromatic N) is 4. The molecule has 8 nitrogen and oxygen atoms in total. The number of para-hydroxylation sites is 2. The number of aryl methyl sites for hydroxylation is 1. The van der Waals surface area contributed by atoms with Crippen molar-refractivity contribution < 1.29 is 18.0 Å². The number of amides is 1. The summed E-state index contributed by atoms with van der Waals surface area (Å²) in [6.07, 6.45) is -0.890. The highest BCUT2D eigenvalue weighted by atomic mass is 32.1. The molecule has 1 aliphatic heterocycles. The third kappa shape index (κ3) is 8.28. The highest BCUT2D eigenvalue weighted by Gasteiger charge is 2.31. The average Bonchev–Trinajstić information content (AvgIpc) is 3.25. The van der Waals surface area contributed by atoms with Crippen molar-refractivity contribution in [3.8, 4) is 0 Å². The lowest BCUT2D eigenvalue weighted by molar-refractivity contribution is -0.147. The predicted octanol–water partition coefficient (Wildman–Crippen LogP) is 5.92. The van der Waals surface area contributed by atoms with Crippen molar-refractivity contribution in [3.63, 3.8) is 0 Å². The Morgan fingerprint density at radius 1 is 1.15 bits per heavy atom. The Bertz CT molecular complexity index is 1420. The molecule has 0 unspecified atom stereocenters. The fourth-order valence-electron chi connectivity index (χ4n) is 4.00. The zero-order valence-electron chi connectivity index (χ0n) is 21.1. The van der Waals surface area contributed by atoms with Crippen molar-refractivity contribution in [1.29, 1.82) is 0 Å². The van der Waals surface area contributed by atoms with E-state index < -0.39 is 12.7 Å². The van der Waals surface area contributed by atoms with Gasteiger partial charge in [0.1, 0.15) is 10.8 Å². The lowest BCUT2D eigenvalue weighted by Crippen LogP contribution is -2.40. The van der Waals surface area contributed by atoms with Crippen molar-refractivity contribution in [1.82, 2.24) is 19.2 Å². The molecule has 206 valence electrons. The lowest BCUT2D eigenvalue weighted by atomic mass is 10.1. The lowest BCUT2D eigenvalue weighted by Gasteiger charge is -2.30. The number of hydrogen-bond acceptors (Lipinski definition) is 9. The number of likely N-dealkylation sites (tertiary alicyclic amines) is 1. The van der Waals surface area contributed by atoms with Crippen LogP contribution in [0.25, 0.3) is 11.0 Å². The maximum absolute atomic E-state index is 12.8. The first-order valence-electron chi connectivity index (χ1n) is 12.2. The van der Waals surface area contributed by atoms with Crippen molar-refractivity contribution in [2.45, 2.75) is 31.2 Å². The van der Waals surface area contributed by atoms with Gasteiger partial charge in [0, 0.05) is 16.6 Å². The van der Waals surface area contributed by atoms with E-state index in [0.717, 1.165) is 23.9 Å².